The fourth-order valence-corrected chi connectivity index (χ4v) is 2.56. The van der Waals surface area contributed by atoms with E-state index in [1.807, 2.05) is 37.3 Å². The fourth-order valence-electron chi connectivity index (χ4n) is 2.39. The molecule has 0 radical (unpaired) electrons. The first-order valence-corrected chi connectivity index (χ1v) is 8.91. The van der Waals surface area contributed by atoms with Crippen molar-refractivity contribution in [2.45, 2.75) is 19.8 Å². The molecule has 0 spiro atoms. The lowest BCUT2D eigenvalue weighted by Crippen LogP contribution is -2.24. The third-order valence-electron chi connectivity index (χ3n) is 3.92. The van der Waals surface area contributed by atoms with Gasteiger partial charge in [-0.3, -0.25) is 5.43 Å². The number of hydrogen-bond donors (Lipinski definition) is 2. The van der Waals surface area contributed by atoms with Crippen LogP contribution in [0.15, 0.2) is 47.6 Å². The van der Waals surface area contributed by atoms with Gasteiger partial charge in [-0.15, -0.1) is 0 Å². The lowest BCUT2D eigenvalue weighted by atomic mass is 10.1. The summed E-state index contributed by atoms with van der Waals surface area (Å²) in [4.78, 5) is 0. The largest absolute Gasteiger partial charge is 0.497 e. The molecule has 0 bridgehead atoms. The molecule has 6 nitrogen and oxygen atoms in total. The standard InChI is InChI=1S/C20H25N3O3S/c1-14(5-6-15-7-10-17(24-2)11-8-15)22-23-20(27)21-16-9-12-18(25-3)19(13-16)26-4/h7-13H,5-6H2,1-4H3,(H2,21,23,27)/b22-14-. The van der Waals surface area contributed by atoms with E-state index in [1.165, 1.54) is 5.56 Å². The maximum absolute atomic E-state index is 5.29. The SMILES string of the molecule is COc1ccc(CC/C(C)=N\NC(=S)Nc2ccc(OC)c(OC)c2)cc1. The zero-order valence-electron chi connectivity index (χ0n) is 16.0. The Hall–Kier alpha value is -2.80. The molecule has 0 aliphatic carbocycles. The van der Waals surface area contributed by atoms with Crippen molar-refractivity contribution in [3.63, 3.8) is 0 Å². The van der Waals surface area contributed by atoms with Gasteiger partial charge in [0, 0.05) is 17.5 Å². The highest BCUT2D eigenvalue weighted by atomic mass is 32.1. The van der Waals surface area contributed by atoms with Crippen LogP contribution in [0.5, 0.6) is 17.2 Å². The molecule has 2 N–H and O–H groups in total. The molecule has 0 amide bonds. The van der Waals surface area contributed by atoms with E-state index in [4.69, 9.17) is 26.4 Å². The topological polar surface area (TPSA) is 64.1 Å². The molecule has 0 saturated carbocycles. The van der Waals surface area contributed by atoms with Gasteiger partial charge in [-0.2, -0.15) is 5.10 Å². The van der Waals surface area contributed by atoms with E-state index in [-0.39, 0.29) is 0 Å². The number of nitrogens with zero attached hydrogens (tertiary/aromatic N) is 1. The van der Waals surface area contributed by atoms with Crippen LogP contribution in [0.25, 0.3) is 0 Å². The van der Waals surface area contributed by atoms with E-state index in [0.717, 1.165) is 30.0 Å². The number of hydrogen-bond acceptors (Lipinski definition) is 5. The molecule has 7 heteroatoms. The van der Waals surface area contributed by atoms with Crippen molar-refractivity contribution in [2.24, 2.45) is 5.10 Å². The van der Waals surface area contributed by atoms with Crippen LogP contribution in [0.4, 0.5) is 5.69 Å². The second-order valence-corrected chi connectivity index (χ2v) is 6.24. The molecule has 0 fully saturated rings. The van der Waals surface area contributed by atoms with Crippen molar-refractivity contribution in [3.8, 4) is 17.2 Å². The smallest absolute Gasteiger partial charge is 0.191 e. The summed E-state index contributed by atoms with van der Waals surface area (Å²) in [6, 6.07) is 13.5. The zero-order chi connectivity index (χ0) is 19.6. The Morgan fingerprint density at radius 1 is 0.963 bits per heavy atom. The van der Waals surface area contributed by atoms with Crippen molar-refractivity contribution >= 4 is 28.7 Å². The summed E-state index contributed by atoms with van der Waals surface area (Å²) in [6.45, 7) is 1.97. The average Bonchev–Trinajstić information content (AvgIpc) is 2.70. The molecule has 2 aromatic rings. The van der Waals surface area contributed by atoms with E-state index in [2.05, 4.69) is 28.0 Å². The van der Waals surface area contributed by atoms with Crippen LogP contribution in [-0.2, 0) is 6.42 Å². The van der Waals surface area contributed by atoms with Crippen molar-refractivity contribution in [3.05, 3.63) is 48.0 Å². The fraction of sp³-hybridized carbons (Fsp3) is 0.300. The predicted molar refractivity (Wildman–Crippen MR) is 113 cm³/mol. The summed E-state index contributed by atoms with van der Waals surface area (Å²) in [5, 5.41) is 7.81. The van der Waals surface area contributed by atoms with Crippen LogP contribution in [0.3, 0.4) is 0 Å². The highest BCUT2D eigenvalue weighted by Crippen LogP contribution is 2.29. The van der Waals surface area contributed by atoms with E-state index >= 15 is 0 Å². The number of hydrazone groups is 1. The molecule has 0 aromatic heterocycles. The molecule has 2 aromatic carbocycles. The van der Waals surface area contributed by atoms with Crippen LogP contribution in [0, 0.1) is 0 Å². The highest BCUT2D eigenvalue weighted by molar-refractivity contribution is 7.80. The number of rotatable bonds is 8. The second-order valence-electron chi connectivity index (χ2n) is 5.83. The van der Waals surface area contributed by atoms with Crippen molar-refractivity contribution in [1.29, 1.82) is 0 Å². The highest BCUT2D eigenvalue weighted by Gasteiger charge is 2.05. The van der Waals surface area contributed by atoms with Crippen LogP contribution in [0.1, 0.15) is 18.9 Å². The lowest BCUT2D eigenvalue weighted by molar-refractivity contribution is 0.355. The lowest BCUT2D eigenvalue weighted by Gasteiger charge is -2.12. The summed E-state index contributed by atoms with van der Waals surface area (Å²) in [5.74, 6) is 2.15. The van der Waals surface area contributed by atoms with Crippen LogP contribution in [0.2, 0.25) is 0 Å². The Morgan fingerprint density at radius 3 is 2.30 bits per heavy atom. The van der Waals surface area contributed by atoms with Gasteiger partial charge in [-0.05, 0) is 61.8 Å². The van der Waals surface area contributed by atoms with Gasteiger partial charge in [0.25, 0.3) is 0 Å². The Kier molecular flexibility index (Phi) is 7.88. The Balaban J connectivity index is 1.84. The van der Waals surface area contributed by atoms with Gasteiger partial charge >= 0.3 is 0 Å². The average molecular weight is 388 g/mol. The number of methoxy groups -OCH3 is 3. The third-order valence-corrected chi connectivity index (χ3v) is 4.12. The molecule has 144 valence electrons. The quantitative estimate of drug-likeness (QED) is 0.405. The van der Waals surface area contributed by atoms with Crippen LogP contribution >= 0.6 is 12.2 Å². The van der Waals surface area contributed by atoms with Crippen LogP contribution < -0.4 is 25.0 Å². The zero-order valence-corrected chi connectivity index (χ0v) is 16.9. The van der Waals surface area contributed by atoms with Gasteiger partial charge in [0.2, 0.25) is 0 Å². The molecular formula is C20H25N3O3S. The van der Waals surface area contributed by atoms with Gasteiger partial charge in [0.05, 0.1) is 21.3 Å². The maximum Gasteiger partial charge on any atom is 0.191 e. The minimum atomic E-state index is 0.408. The minimum Gasteiger partial charge on any atom is -0.497 e. The number of nitrogens with one attached hydrogen (secondary N) is 2. The molecule has 27 heavy (non-hydrogen) atoms. The van der Waals surface area contributed by atoms with E-state index in [0.29, 0.717) is 16.6 Å². The number of thiocarbonyl (C=S) groups is 1. The monoisotopic (exact) mass is 387 g/mol. The minimum absolute atomic E-state index is 0.408. The first-order chi connectivity index (χ1) is 13.0. The van der Waals surface area contributed by atoms with Crippen molar-refractivity contribution in [2.75, 3.05) is 26.6 Å². The predicted octanol–water partition coefficient (Wildman–Crippen LogP) is 4.01. The Bertz CT molecular complexity index is 792. The second kappa shape index (κ2) is 10.4. The number of anilines is 1. The maximum atomic E-state index is 5.29. The van der Waals surface area contributed by atoms with Gasteiger partial charge in [-0.25, -0.2) is 0 Å². The molecule has 0 atom stereocenters. The van der Waals surface area contributed by atoms with Crippen molar-refractivity contribution in [1.82, 2.24) is 5.43 Å². The molecule has 0 unspecified atom stereocenters. The molecule has 0 aliphatic heterocycles. The number of benzene rings is 2. The first kappa shape index (κ1) is 20.5. The number of ether oxygens (including phenoxy) is 3. The molecule has 0 saturated heterocycles. The molecule has 0 aliphatic rings. The summed E-state index contributed by atoms with van der Waals surface area (Å²) in [6.07, 6.45) is 1.73. The normalized spacial score (nSPS) is 10.9. The number of aryl methyl sites for hydroxylation is 1. The summed E-state index contributed by atoms with van der Waals surface area (Å²) >= 11 is 5.29. The van der Waals surface area contributed by atoms with E-state index < -0.39 is 0 Å². The summed E-state index contributed by atoms with van der Waals surface area (Å²) < 4.78 is 15.7. The van der Waals surface area contributed by atoms with Gasteiger partial charge in [-0.1, -0.05) is 12.1 Å². The first-order valence-electron chi connectivity index (χ1n) is 8.50. The summed E-state index contributed by atoms with van der Waals surface area (Å²) in [7, 11) is 4.85. The van der Waals surface area contributed by atoms with Gasteiger partial charge < -0.3 is 19.5 Å². The van der Waals surface area contributed by atoms with E-state index in [9.17, 15) is 0 Å². The van der Waals surface area contributed by atoms with Crippen molar-refractivity contribution < 1.29 is 14.2 Å². The molecular weight excluding hydrogens is 362 g/mol. The Morgan fingerprint density at radius 2 is 1.67 bits per heavy atom. The third kappa shape index (κ3) is 6.45. The van der Waals surface area contributed by atoms with Crippen LogP contribution in [-0.4, -0.2) is 32.2 Å². The Labute approximate surface area is 165 Å². The van der Waals surface area contributed by atoms with Gasteiger partial charge in [0.1, 0.15) is 5.75 Å². The van der Waals surface area contributed by atoms with E-state index in [1.54, 1.807) is 21.3 Å². The molecule has 2 rings (SSSR count). The van der Waals surface area contributed by atoms with Gasteiger partial charge in [0.15, 0.2) is 16.6 Å². The summed E-state index contributed by atoms with van der Waals surface area (Å²) in [5.41, 5.74) is 5.85. The molecule has 0 heterocycles.